The number of carbonyl (C=O) groups excluding carboxylic acids is 1. The molecule has 1 aliphatic rings. The fraction of sp³-hybridized carbons (Fsp3) is 0.500. The van der Waals surface area contributed by atoms with E-state index in [0.29, 0.717) is 18.1 Å². The standard InChI is InChI=1S/C14H20ClN3O4S.ClH/c1-10(16)14(19)17-5-7-18(8-6-17)23(20,21)13-9-11(15)3-4-12(13)22-2;/h3-4,9-10H,5-8,16H2,1-2H3;1H. The summed E-state index contributed by atoms with van der Waals surface area (Å²) in [7, 11) is -2.34. The van der Waals surface area contributed by atoms with Gasteiger partial charge in [0.1, 0.15) is 10.6 Å². The number of nitrogens with zero attached hydrogens (tertiary/aromatic N) is 2. The summed E-state index contributed by atoms with van der Waals surface area (Å²) in [6.45, 7) is 2.64. The van der Waals surface area contributed by atoms with Crippen LogP contribution in [0.25, 0.3) is 0 Å². The van der Waals surface area contributed by atoms with Gasteiger partial charge in [0.15, 0.2) is 0 Å². The van der Waals surface area contributed by atoms with Crippen molar-refractivity contribution in [3.63, 3.8) is 0 Å². The molecule has 1 saturated heterocycles. The third kappa shape index (κ3) is 4.31. The van der Waals surface area contributed by atoms with Crippen LogP contribution in [-0.4, -0.2) is 62.9 Å². The van der Waals surface area contributed by atoms with E-state index < -0.39 is 16.1 Å². The van der Waals surface area contributed by atoms with E-state index in [2.05, 4.69) is 0 Å². The highest BCUT2D eigenvalue weighted by Crippen LogP contribution is 2.30. The van der Waals surface area contributed by atoms with Crippen LogP contribution < -0.4 is 10.5 Å². The molecule has 0 spiro atoms. The van der Waals surface area contributed by atoms with Crippen molar-refractivity contribution in [2.75, 3.05) is 33.3 Å². The average Bonchev–Trinajstić information content (AvgIpc) is 2.54. The Hall–Kier alpha value is -1.06. The Morgan fingerprint density at radius 3 is 2.38 bits per heavy atom. The second-order valence-electron chi connectivity index (χ2n) is 5.31. The molecule has 1 amide bonds. The summed E-state index contributed by atoms with van der Waals surface area (Å²) in [6.07, 6.45) is 0. The van der Waals surface area contributed by atoms with Crippen LogP contribution in [0.5, 0.6) is 5.75 Å². The van der Waals surface area contributed by atoms with Crippen molar-refractivity contribution in [1.82, 2.24) is 9.21 Å². The van der Waals surface area contributed by atoms with E-state index in [1.165, 1.54) is 23.5 Å². The molecule has 10 heteroatoms. The quantitative estimate of drug-likeness (QED) is 0.815. The highest BCUT2D eigenvalue weighted by atomic mass is 35.5. The molecule has 2 rings (SSSR count). The van der Waals surface area contributed by atoms with Crippen LogP contribution in [0.4, 0.5) is 0 Å². The van der Waals surface area contributed by atoms with Crippen molar-refractivity contribution in [3.05, 3.63) is 23.2 Å². The van der Waals surface area contributed by atoms with Gasteiger partial charge in [-0.3, -0.25) is 4.79 Å². The molecule has 0 radical (unpaired) electrons. The van der Waals surface area contributed by atoms with E-state index in [1.54, 1.807) is 17.9 Å². The molecule has 0 saturated carbocycles. The van der Waals surface area contributed by atoms with Crippen LogP contribution in [-0.2, 0) is 14.8 Å². The van der Waals surface area contributed by atoms with Crippen molar-refractivity contribution in [3.8, 4) is 5.75 Å². The van der Waals surface area contributed by atoms with E-state index in [4.69, 9.17) is 22.1 Å². The maximum Gasteiger partial charge on any atom is 0.246 e. The van der Waals surface area contributed by atoms with Gasteiger partial charge in [-0.15, -0.1) is 12.4 Å². The topological polar surface area (TPSA) is 92.9 Å². The highest BCUT2D eigenvalue weighted by molar-refractivity contribution is 7.89. The van der Waals surface area contributed by atoms with E-state index in [0.717, 1.165) is 0 Å². The van der Waals surface area contributed by atoms with Crippen LogP contribution in [0.1, 0.15) is 6.92 Å². The predicted octanol–water partition coefficient (Wildman–Crippen LogP) is 0.951. The Morgan fingerprint density at radius 2 is 1.88 bits per heavy atom. The minimum absolute atomic E-state index is 0. The van der Waals surface area contributed by atoms with Gasteiger partial charge in [0.2, 0.25) is 15.9 Å². The van der Waals surface area contributed by atoms with Crippen molar-refractivity contribution >= 4 is 39.9 Å². The molecule has 24 heavy (non-hydrogen) atoms. The maximum atomic E-state index is 12.8. The molecule has 1 fully saturated rings. The number of hydrogen-bond donors (Lipinski definition) is 1. The Labute approximate surface area is 153 Å². The molecular weight excluding hydrogens is 377 g/mol. The SMILES string of the molecule is COc1ccc(Cl)cc1S(=O)(=O)N1CCN(C(=O)C(C)N)CC1.Cl. The first-order valence-corrected chi connectivity index (χ1v) is 8.97. The lowest BCUT2D eigenvalue weighted by atomic mass is 10.2. The molecule has 0 aliphatic carbocycles. The fourth-order valence-electron chi connectivity index (χ4n) is 2.43. The van der Waals surface area contributed by atoms with Gasteiger partial charge in [-0.25, -0.2) is 8.42 Å². The Morgan fingerprint density at radius 1 is 1.29 bits per heavy atom. The number of sulfonamides is 1. The number of ether oxygens (including phenoxy) is 1. The number of hydrogen-bond acceptors (Lipinski definition) is 5. The molecule has 1 heterocycles. The van der Waals surface area contributed by atoms with E-state index >= 15 is 0 Å². The summed E-state index contributed by atoms with van der Waals surface area (Å²) >= 11 is 5.91. The van der Waals surface area contributed by atoms with Crippen molar-refractivity contribution in [1.29, 1.82) is 0 Å². The second kappa shape index (κ2) is 8.35. The zero-order valence-electron chi connectivity index (χ0n) is 13.4. The first-order chi connectivity index (χ1) is 10.8. The molecule has 0 bridgehead atoms. The van der Waals surface area contributed by atoms with Crippen molar-refractivity contribution in [2.24, 2.45) is 5.73 Å². The van der Waals surface area contributed by atoms with E-state index in [9.17, 15) is 13.2 Å². The second-order valence-corrected chi connectivity index (χ2v) is 7.66. The number of benzene rings is 1. The number of carbonyl (C=O) groups is 1. The van der Waals surface area contributed by atoms with Crippen LogP contribution in [0.15, 0.2) is 23.1 Å². The normalized spacial score (nSPS) is 17.1. The molecule has 7 nitrogen and oxygen atoms in total. The smallest absolute Gasteiger partial charge is 0.246 e. The van der Waals surface area contributed by atoms with Gasteiger partial charge < -0.3 is 15.4 Å². The third-order valence-corrected chi connectivity index (χ3v) is 5.84. The summed E-state index contributed by atoms with van der Waals surface area (Å²) in [4.78, 5) is 13.5. The van der Waals surface area contributed by atoms with Gasteiger partial charge in [0.25, 0.3) is 0 Å². The molecule has 1 aromatic carbocycles. The number of amides is 1. The van der Waals surface area contributed by atoms with Crippen molar-refractivity contribution < 1.29 is 17.9 Å². The number of methoxy groups -OCH3 is 1. The lowest BCUT2D eigenvalue weighted by molar-refractivity contribution is -0.133. The summed E-state index contributed by atoms with van der Waals surface area (Å²) in [5, 5.41) is 0.315. The Kier molecular flexibility index (Phi) is 7.30. The molecular formula is C14H21Cl2N3O4S. The largest absolute Gasteiger partial charge is 0.495 e. The van der Waals surface area contributed by atoms with Gasteiger partial charge >= 0.3 is 0 Å². The maximum absolute atomic E-state index is 12.8. The monoisotopic (exact) mass is 397 g/mol. The molecule has 0 aromatic heterocycles. The number of piperazine rings is 1. The first-order valence-electron chi connectivity index (χ1n) is 7.15. The summed E-state index contributed by atoms with van der Waals surface area (Å²) in [5.41, 5.74) is 5.58. The molecule has 1 aromatic rings. The Bertz CT molecular complexity index is 689. The van der Waals surface area contributed by atoms with Crippen LogP contribution >= 0.6 is 24.0 Å². The van der Waals surface area contributed by atoms with Crippen molar-refractivity contribution in [2.45, 2.75) is 17.9 Å². The van der Waals surface area contributed by atoms with Gasteiger partial charge in [0, 0.05) is 31.2 Å². The van der Waals surface area contributed by atoms with Gasteiger partial charge in [-0.05, 0) is 25.1 Å². The third-order valence-electron chi connectivity index (χ3n) is 3.68. The minimum atomic E-state index is -3.74. The molecule has 2 N–H and O–H groups in total. The average molecular weight is 398 g/mol. The number of nitrogens with two attached hydrogens (primary N) is 1. The predicted molar refractivity (Wildman–Crippen MR) is 94.2 cm³/mol. The first kappa shape index (κ1) is 21.0. The fourth-order valence-corrected chi connectivity index (χ4v) is 4.27. The summed E-state index contributed by atoms with van der Waals surface area (Å²) < 4.78 is 32.0. The van der Waals surface area contributed by atoms with Crippen LogP contribution in [0.3, 0.4) is 0 Å². The lowest BCUT2D eigenvalue weighted by Crippen LogP contribution is -2.53. The van der Waals surface area contributed by atoms with Gasteiger partial charge in [-0.1, -0.05) is 11.6 Å². The molecule has 1 atom stereocenters. The molecule has 136 valence electrons. The molecule has 1 unspecified atom stereocenters. The number of rotatable bonds is 4. The number of halogens is 2. The van der Waals surface area contributed by atoms with E-state index in [-0.39, 0.29) is 42.0 Å². The minimum Gasteiger partial charge on any atom is -0.495 e. The van der Waals surface area contributed by atoms with Crippen LogP contribution in [0.2, 0.25) is 5.02 Å². The molecule has 1 aliphatic heterocycles. The highest BCUT2D eigenvalue weighted by Gasteiger charge is 2.32. The van der Waals surface area contributed by atoms with Gasteiger partial charge in [-0.2, -0.15) is 4.31 Å². The van der Waals surface area contributed by atoms with E-state index in [1.807, 2.05) is 0 Å². The summed E-state index contributed by atoms with van der Waals surface area (Å²) in [6, 6.07) is 3.87. The van der Waals surface area contributed by atoms with Crippen LogP contribution in [0, 0.1) is 0 Å². The summed E-state index contributed by atoms with van der Waals surface area (Å²) in [5.74, 6) is 0.0610. The zero-order chi connectivity index (χ0) is 17.2. The lowest BCUT2D eigenvalue weighted by Gasteiger charge is -2.35. The van der Waals surface area contributed by atoms with Gasteiger partial charge in [0.05, 0.1) is 13.2 Å². The zero-order valence-corrected chi connectivity index (χ0v) is 15.8. The Balaban J connectivity index is 0.00000288.